The molecule has 1 unspecified atom stereocenters. The molecular weight excluding hydrogens is 284 g/mol. The maximum absolute atomic E-state index is 12.3. The van der Waals surface area contributed by atoms with E-state index >= 15 is 0 Å². The normalized spacial score (nSPS) is 20.8. The summed E-state index contributed by atoms with van der Waals surface area (Å²) >= 11 is 0. The van der Waals surface area contributed by atoms with Gasteiger partial charge in [-0.3, -0.25) is 10.1 Å². The first-order valence-corrected chi connectivity index (χ1v) is 7.89. The Bertz CT molecular complexity index is 602. The van der Waals surface area contributed by atoms with Crippen molar-refractivity contribution in [2.24, 2.45) is 0 Å². The minimum absolute atomic E-state index is 0.0585. The predicted molar refractivity (Wildman–Crippen MR) is 72.5 cm³/mol. The summed E-state index contributed by atoms with van der Waals surface area (Å²) in [7, 11) is -3.66. The SMILES string of the molecule is O=[N+]([O-])c1ccccc1CS(=O)(=O)N1CCCC(O)C1. The molecule has 1 fully saturated rings. The number of benzene rings is 1. The molecule has 1 atom stereocenters. The van der Waals surface area contributed by atoms with Crippen molar-refractivity contribution in [2.75, 3.05) is 13.1 Å². The van der Waals surface area contributed by atoms with E-state index in [0.29, 0.717) is 19.4 Å². The van der Waals surface area contributed by atoms with E-state index in [0.717, 1.165) is 0 Å². The van der Waals surface area contributed by atoms with Gasteiger partial charge in [0.05, 0.1) is 16.8 Å². The van der Waals surface area contributed by atoms with Gasteiger partial charge in [-0.15, -0.1) is 0 Å². The Labute approximate surface area is 117 Å². The van der Waals surface area contributed by atoms with Crippen LogP contribution in [0.2, 0.25) is 0 Å². The third-order valence-electron chi connectivity index (χ3n) is 3.28. The van der Waals surface area contributed by atoms with Crippen LogP contribution in [0.25, 0.3) is 0 Å². The van der Waals surface area contributed by atoms with Crippen molar-refractivity contribution >= 4 is 15.7 Å². The molecule has 0 aliphatic carbocycles. The number of hydrogen-bond donors (Lipinski definition) is 1. The van der Waals surface area contributed by atoms with Crippen molar-refractivity contribution in [3.63, 3.8) is 0 Å². The van der Waals surface area contributed by atoms with Crippen molar-refractivity contribution in [1.29, 1.82) is 0 Å². The highest BCUT2D eigenvalue weighted by atomic mass is 32.2. The summed E-state index contributed by atoms with van der Waals surface area (Å²) < 4.78 is 25.7. The Balaban J connectivity index is 2.22. The number of sulfonamides is 1. The summed E-state index contributed by atoms with van der Waals surface area (Å²) in [6.45, 7) is 0.406. The Morgan fingerprint density at radius 1 is 1.40 bits per heavy atom. The van der Waals surface area contributed by atoms with Crippen LogP contribution < -0.4 is 0 Å². The van der Waals surface area contributed by atoms with Crippen molar-refractivity contribution in [3.8, 4) is 0 Å². The third-order valence-corrected chi connectivity index (χ3v) is 5.07. The first-order valence-electron chi connectivity index (χ1n) is 6.28. The zero-order chi connectivity index (χ0) is 14.8. The first-order chi connectivity index (χ1) is 9.40. The van der Waals surface area contributed by atoms with Gasteiger partial charge in [-0.05, 0) is 12.8 Å². The van der Waals surface area contributed by atoms with Crippen LogP contribution in [0.5, 0.6) is 0 Å². The largest absolute Gasteiger partial charge is 0.392 e. The zero-order valence-corrected chi connectivity index (χ0v) is 11.6. The van der Waals surface area contributed by atoms with E-state index in [-0.39, 0.29) is 17.8 Å². The first kappa shape index (κ1) is 14.9. The monoisotopic (exact) mass is 300 g/mol. The molecule has 1 saturated heterocycles. The lowest BCUT2D eigenvalue weighted by Crippen LogP contribution is -2.42. The van der Waals surface area contributed by atoms with Gasteiger partial charge in [0.2, 0.25) is 10.0 Å². The van der Waals surface area contributed by atoms with E-state index in [1.54, 1.807) is 6.07 Å². The molecular formula is C12H16N2O5S. The summed E-state index contributed by atoms with van der Waals surface area (Å²) in [4.78, 5) is 10.3. The molecule has 0 saturated carbocycles. The number of aliphatic hydroxyl groups is 1. The van der Waals surface area contributed by atoms with Crippen LogP contribution in [0.3, 0.4) is 0 Å². The van der Waals surface area contributed by atoms with Crippen LogP contribution in [-0.4, -0.2) is 41.9 Å². The third kappa shape index (κ3) is 3.33. The lowest BCUT2D eigenvalue weighted by atomic mass is 10.1. The number of para-hydroxylation sites is 1. The van der Waals surface area contributed by atoms with Gasteiger partial charge >= 0.3 is 0 Å². The van der Waals surface area contributed by atoms with Gasteiger partial charge in [0, 0.05) is 24.7 Å². The molecule has 8 heteroatoms. The molecule has 0 aromatic heterocycles. The average Bonchev–Trinajstić information content (AvgIpc) is 2.38. The molecule has 0 spiro atoms. The summed E-state index contributed by atoms with van der Waals surface area (Å²) in [6, 6.07) is 5.80. The highest BCUT2D eigenvalue weighted by Crippen LogP contribution is 2.23. The number of nitro benzene ring substituents is 1. The van der Waals surface area contributed by atoms with Gasteiger partial charge in [-0.25, -0.2) is 8.42 Å². The van der Waals surface area contributed by atoms with E-state index < -0.39 is 26.8 Å². The van der Waals surface area contributed by atoms with Crippen LogP contribution >= 0.6 is 0 Å². The van der Waals surface area contributed by atoms with Gasteiger partial charge in [0.1, 0.15) is 0 Å². The van der Waals surface area contributed by atoms with Crippen LogP contribution in [0.4, 0.5) is 5.69 Å². The summed E-state index contributed by atoms with van der Waals surface area (Å²) in [5, 5.41) is 20.4. The molecule has 1 aromatic rings. The van der Waals surface area contributed by atoms with Gasteiger partial charge in [-0.1, -0.05) is 18.2 Å². The maximum Gasteiger partial charge on any atom is 0.273 e. The van der Waals surface area contributed by atoms with Crippen LogP contribution in [0.15, 0.2) is 24.3 Å². The van der Waals surface area contributed by atoms with Crippen LogP contribution in [0, 0.1) is 10.1 Å². The van der Waals surface area contributed by atoms with E-state index in [9.17, 15) is 23.6 Å². The summed E-state index contributed by atoms with van der Waals surface area (Å²) in [5.74, 6) is -0.420. The number of hydrogen-bond acceptors (Lipinski definition) is 5. The number of nitrogens with zero attached hydrogens (tertiary/aromatic N) is 2. The fourth-order valence-corrected chi connectivity index (χ4v) is 3.90. The Morgan fingerprint density at radius 3 is 2.75 bits per heavy atom. The molecule has 1 heterocycles. The molecule has 0 amide bonds. The number of piperidine rings is 1. The second kappa shape index (κ2) is 5.86. The van der Waals surface area contributed by atoms with Gasteiger partial charge in [0.15, 0.2) is 0 Å². The molecule has 1 aliphatic heterocycles. The molecule has 1 N–H and O–H groups in total. The second-order valence-corrected chi connectivity index (χ2v) is 6.77. The molecule has 1 aliphatic rings. The molecule has 0 bridgehead atoms. The van der Waals surface area contributed by atoms with Gasteiger partial charge in [0.25, 0.3) is 5.69 Å². The topological polar surface area (TPSA) is 101 Å². The molecule has 1 aromatic carbocycles. The predicted octanol–water partition coefficient (Wildman–Crippen LogP) is 0.881. The number of aliphatic hydroxyl groups excluding tert-OH is 1. The summed E-state index contributed by atoms with van der Waals surface area (Å²) in [6.07, 6.45) is 0.513. The average molecular weight is 300 g/mol. The van der Waals surface area contributed by atoms with E-state index in [4.69, 9.17) is 0 Å². The number of β-amino-alcohol motifs (C(OH)–C–C–N with tert-alkyl or cyclic N) is 1. The Kier molecular flexibility index (Phi) is 4.36. The standard InChI is InChI=1S/C12H16N2O5S/c15-11-5-3-7-13(8-11)20(18,19)9-10-4-1-2-6-12(10)14(16)17/h1-2,4,6,11,15H,3,5,7-9H2. The highest BCUT2D eigenvalue weighted by molar-refractivity contribution is 7.88. The van der Waals surface area contributed by atoms with Gasteiger partial charge < -0.3 is 5.11 Å². The van der Waals surface area contributed by atoms with E-state index in [1.807, 2.05) is 0 Å². The highest BCUT2D eigenvalue weighted by Gasteiger charge is 2.29. The van der Waals surface area contributed by atoms with E-state index in [1.165, 1.54) is 22.5 Å². The molecule has 0 radical (unpaired) electrons. The van der Waals surface area contributed by atoms with Crippen molar-refractivity contribution in [2.45, 2.75) is 24.7 Å². The van der Waals surface area contributed by atoms with Crippen molar-refractivity contribution in [3.05, 3.63) is 39.9 Å². The second-order valence-electron chi connectivity index (χ2n) is 4.80. The lowest BCUT2D eigenvalue weighted by molar-refractivity contribution is -0.385. The number of rotatable bonds is 4. The fraction of sp³-hybridized carbons (Fsp3) is 0.500. The van der Waals surface area contributed by atoms with Gasteiger partial charge in [-0.2, -0.15) is 4.31 Å². The summed E-state index contributed by atoms with van der Waals surface area (Å²) in [5.41, 5.74) is -0.0359. The zero-order valence-electron chi connectivity index (χ0n) is 10.8. The molecule has 2 rings (SSSR count). The molecule has 110 valence electrons. The minimum Gasteiger partial charge on any atom is -0.392 e. The molecule has 20 heavy (non-hydrogen) atoms. The maximum atomic E-state index is 12.3. The molecule has 7 nitrogen and oxygen atoms in total. The van der Waals surface area contributed by atoms with Crippen LogP contribution in [0.1, 0.15) is 18.4 Å². The van der Waals surface area contributed by atoms with E-state index in [2.05, 4.69) is 0 Å². The Hall–Kier alpha value is -1.51. The quantitative estimate of drug-likeness (QED) is 0.657. The fourth-order valence-electron chi connectivity index (χ4n) is 2.27. The smallest absolute Gasteiger partial charge is 0.273 e. The number of nitro groups is 1. The van der Waals surface area contributed by atoms with Crippen molar-refractivity contribution in [1.82, 2.24) is 4.31 Å². The lowest BCUT2D eigenvalue weighted by Gasteiger charge is -2.29. The van der Waals surface area contributed by atoms with Crippen molar-refractivity contribution < 1.29 is 18.4 Å². The van der Waals surface area contributed by atoms with Crippen LogP contribution in [-0.2, 0) is 15.8 Å². The Morgan fingerprint density at radius 2 is 2.10 bits per heavy atom. The minimum atomic E-state index is -3.66.